The molecule has 9 heteroatoms. The molecule has 1 aliphatic carbocycles. The number of piperidine rings is 1. The Morgan fingerprint density at radius 2 is 2.03 bits per heavy atom. The Balaban J connectivity index is 0.00000101. The number of nitrogens with zero attached hydrogens (tertiary/aromatic N) is 4. The van der Waals surface area contributed by atoms with Gasteiger partial charge in [-0.3, -0.25) is 4.79 Å². The van der Waals surface area contributed by atoms with Crippen LogP contribution >= 0.6 is 0 Å². The van der Waals surface area contributed by atoms with Crippen LogP contribution in [0.15, 0.2) is 4.52 Å². The first-order valence-electron chi connectivity index (χ1n) is 11.0. The molecule has 2 aliphatic rings. The van der Waals surface area contributed by atoms with E-state index in [0.29, 0.717) is 30.1 Å². The van der Waals surface area contributed by atoms with Crippen LogP contribution < -0.4 is 5.32 Å². The Kier molecular flexibility index (Phi) is 10.1. The number of rotatable bonds is 7. The van der Waals surface area contributed by atoms with Crippen molar-refractivity contribution in [3.8, 4) is 0 Å². The molecule has 1 aromatic heterocycles. The predicted molar refractivity (Wildman–Crippen MR) is 113 cm³/mol. The standard InChI is InChI=1S/C20H35N5O2.CH2O2/c1-15(2)11-19-22-18(23-27-19)14-24(3)20(26)21-12-16-7-6-10-25(13-16)17-8-4-5-9-17;2-1-3/h15-17H,4-14H2,1-3H3,(H,21,26);1H,(H,2,3). The summed E-state index contributed by atoms with van der Waals surface area (Å²) >= 11 is 0. The molecule has 2 amide bonds. The summed E-state index contributed by atoms with van der Waals surface area (Å²) in [6.07, 6.45) is 8.67. The molecule has 0 aromatic carbocycles. The van der Waals surface area contributed by atoms with Gasteiger partial charge in [-0.25, -0.2) is 4.79 Å². The van der Waals surface area contributed by atoms with Gasteiger partial charge in [0.25, 0.3) is 6.47 Å². The van der Waals surface area contributed by atoms with Gasteiger partial charge in [0.05, 0.1) is 6.54 Å². The molecule has 2 heterocycles. The molecule has 1 saturated heterocycles. The number of carboxylic acid groups (broad SMARTS) is 1. The van der Waals surface area contributed by atoms with Crippen LogP contribution in [0.4, 0.5) is 4.79 Å². The largest absolute Gasteiger partial charge is 0.483 e. The average molecular weight is 424 g/mol. The molecule has 1 saturated carbocycles. The molecule has 2 fully saturated rings. The molecule has 170 valence electrons. The van der Waals surface area contributed by atoms with E-state index < -0.39 is 0 Å². The maximum atomic E-state index is 12.4. The normalized spacial score (nSPS) is 19.9. The van der Waals surface area contributed by atoms with Gasteiger partial charge in [-0.2, -0.15) is 4.98 Å². The van der Waals surface area contributed by atoms with Gasteiger partial charge in [-0.05, 0) is 44.1 Å². The third kappa shape index (κ3) is 7.93. The number of carbonyl (C=O) groups excluding carboxylic acids is 1. The zero-order valence-corrected chi connectivity index (χ0v) is 18.5. The van der Waals surface area contributed by atoms with E-state index in [-0.39, 0.29) is 12.5 Å². The third-order valence-corrected chi connectivity index (χ3v) is 5.75. The lowest BCUT2D eigenvalue weighted by Crippen LogP contribution is -2.46. The summed E-state index contributed by atoms with van der Waals surface area (Å²) in [5.41, 5.74) is 0. The Labute approximate surface area is 179 Å². The van der Waals surface area contributed by atoms with Gasteiger partial charge in [0.1, 0.15) is 0 Å². The van der Waals surface area contributed by atoms with E-state index in [1.165, 1.54) is 45.1 Å². The van der Waals surface area contributed by atoms with Gasteiger partial charge in [0, 0.05) is 32.6 Å². The highest BCUT2D eigenvalue weighted by molar-refractivity contribution is 5.73. The van der Waals surface area contributed by atoms with E-state index >= 15 is 0 Å². The van der Waals surface area contributed by atoms with E-state index in [4.69, 9.17) is 14.4 Å². The van der Waals surface area contributed by atoms with Crippen LogP contribution in [0, 0.1) is 11.8 Å². The zero-order valence-electron chi connectivity index (χ0n) is 18.5. The predicted octanol–water partition coefficient (Wildman–Crippen LogP) is 2.76. The summed E-state index contributed by atoms with van der Waals surface area (Å²) in [6.45, 7) is 7.44. The maximum absolute atomic E-state index is 12.4. The summed E-state index contributed by atoms with van der Waals surface area (Å²) < 4.78 is 5.25. The van der Waals surface area contributed by atoms with Crippen LogP contribution in [-0.2, 0) is 17.8 Å². The number of hydrogen-bond donors (Lipinski definition) is 2. The number of aromatic nitrogens is 2. The van der Waals surface area contributed by atoms with Crippen molar-refractivity contribution in [1.29, 1.82) is 0 Å². The van der Waals surface area contributed by atoms with Gasteiger partial charge < -0.3 is 24.7 Å². The molecule has 0 bridgehead atoms. The van der Waals surface area contributed by atoms with Crippen molar-refractivity contribution >= 4 is 12.5 Å². The fourth-order valence-corrected chi connectivity index (χ4v) is 4.30. The highest BCUT2D eigenvalue weighted by atomic mass is 16.5. The zero-order chi connectivity index (χ0) is 21.9. The van der Waals surface area contributed by atoms with Crippen molar-refractivity contribution in [2.24, 2.45) is 11.8 Å². The van der Waals surface area contributed by atoms with Gasteiger partial charge in [-0.1, -0.05) is 31.8 Å². The van der Waals surface area contributed by atoms with E-state index in [0.717, 1.165) is 25.6 Å². The molecular formula is C21H37N5O4. The second-order valence-corrected chi connectivity index (χ2v) is 8.79. The summed E-state index contributed by atoms with van der Waals surface area (Å²) in [5.74, 6) is 2.23. The fraction of sp³-hybridized carbons (Fsp3) is 0.810. The third-order valence-electron chi connectivity index (χ3n) is 5.75. The second-order valence-electron chi connectivity index (χ2n) is 8.79. The Morgan fingerprint density at radius 3 is 2.70 bits per heavy atom. The molecule has 1 atom stereocenters. The van der Waals surface area contributed by atoms with Crippen molar-refractivity contribution in [3.05, 3.63) is 11.7 Å². The minimum Gasteiger partial charge on any atom is -0.483 e. The van der Waals surface area contributed by atoms with Gasteiger partial charge in [0.2, 0.25) is 5.89 Å². The molecule has 1 unspecified atom stereocenters. The summed E-state index contributed by atoms with van der Waals surface area (Å²) in [7, 11) is 1.78. The molecule has 30 heavy (non-hydrogen) atoms. The van der Waals surface area contributed by atoms with Crippen LogP contribution in [0.5, 0.6) is 0 Å². The highest BCUT2D eigenvalue weighted by Crippen LogP contribution is 2.27. The van der Waals surface area contributed by atoms with E-state index in [9.17, 15) is 4.79 Å². The quantitative estimate of drug-likeness (QED) is 0.649. The first kappa shape index (κ1) is 24.1. The number of carbonyl (C=O) groups is 2. The van der Waals surface area contributed by atoms with E-state index in [1.807, 2.05) is 0 Å². The minimum atomic E-state index is -0.250. The molecular weight excluding hydrogens is 386 g/mol. The minimum absolute atomic E-state index is 0.0665. The first-order valence-corrected chi connectivity index (χ1v) is 11.0. The first-order chi connectivity index (χ1) is 14.4. The smallest absolute Gasteiger partial charge is 0.317 e. The number of amides is 2. The summed E-state index contributed by atoms with van der Waals surface area (Å²) in [4.78, 5) is 29.4. The molecule has 1 aromatic rings. The Bertz CT molecular complexity index is 645. The van der Waals surface area contributed by atoms with Crippen LogP contribution in [0.2, 0.25) is 0 Å². The van der Waals surface area contributed by atoms with E-state index in [1.54, 1.807) is 11.9 Å². The van der Waals surface area contributed by atoms with Crippen molar-refractivity contribution in [2.75, 3.05) is 26.7 Å². The van der Waals surface area contributed by atoms with Crippen molar-refractivity contribution in [3.63, 3.8) is 0 Å². The van der Waals surface area contributed by atoms with Crippen molar-refractivity contribution in [2.45, 2.75) is 71.4 Å². The van der Waals surface area contributed by atoms with Crippen molar-refractivity contribution < 1.29 is 19.2 Å². The average Bonchev–Trinajstić information content (AvgIpc) is 3.39. The lowest BCUT2D eigenvalue weighted by atomic mass is 9.96. The van der Waals surface area contributed by atoms with Gasteiger partial charge >= 0.3 is 6.03 Å². The van der Waals surface area contributed by atoms with Crippen LogP contribution in [0.1, 0.15) is 64.1 Å². The lowest BCUT2D eigenvalue weighted by molar-refractivity contribution is -0.122. The Morgan fingerprint density at radius 1 is 1.33 bits per heavy atom. The lowest BCUT2D eigenvalue weighted by Gasteiger charge is -2.37. The van der Waals surface area contributed by atoms with Crippen LogP contribution in [0.3, 0.4) is 0 Å². The highest BCUT2D eigenvalue weighted by Gasteiger charge is 2.28. The summed E-state index contributed by atoms with van der Waals surface area (Å²) in [5, 5.41) is 14.0. The Hall–Kier alpha value is -2.16. The number of urea groups is 1. The molecule has 1 aliphatic heterocycles. The topological polar surface area (TPSA) is 112 Å². The maximum Gasteiger partial charge on any atom is 0.317 e. The van der Waals surface area contributed by atoms with Gasteiger partial charge in [-0.15, -0.1) is 0 Å². The fourth-order valence-electron chi connectivity index (χ4n) is 4.30. The molecule has 3 rings (SSSR count). The SMILES string of the molecule is CC(C)Cc1nc(CN(C)C(=O)NCC2CCCN(C3CCCC3)C2)no1.O=CO. The van der Waals surface area contributed by atoms with Crippen LogP contribution in [-0.4, -0.2) is 70.3 Å². The van der Waals surface area contributed by atoms with Crippen molar-refractivity contribution in [1.82, 2.24) is 25.3 Å². The molecule has 0 spiro atoms. The molecule has 2 N–H and O–H groups in total. The van der Waals surface area contributed by atoms with Gasteiger partial charge in [0.15, 0.2) is 5.82 Å². The molecule has 9 nitrogen and oxygen atoms in total. The molecule has 0 radical (unpaired) electrons. The second kappa shape index (κ2) is 12.5. The van der Waals surface area contributed by atoms with E-state index in [2.05, 4.69) is 34.2 Å². The number of hydrogen-bond acceptors (Lipinski definition) is 6. The number of likely N-dealkylation sites (tertiary alicyclic amines) is 1. The monoisotopic (exact) mass is 423 g/mol. The number of nitrogens with one attached hydrogen (secondary N) is 1. The summed E-state index contributed by atoms with van der Waals surface area (Å²) in [6, 6.07) is 0.715. The van der Waals surface area contributed by atoms with Crippen LogP contribution in [0.25, 0.3) is 0 Å².